The van der Waals surface area contributed by atoms with Gasteiger partial charge in [-0.3, -0.25) is 9.59 Å². The van der Waals surface area contributed by atoms with E-state index in [0.29, 0.717) is 6.61 Å². The molecule has 1 aliphatic rings. The van der Waals surface area contributed by atoms with Gasteiger partial charge in [-0.25, -0.2) is 0 Å². The summed E-state index contributed by atoms with van der Waals surface area (Å²) in [5.41, 5.74) is 3.19. The quantitative estimate of drug-likeness (QED) is 0.367. The van der Waals surface area contributed by atoms with Gasteiger partial charge in [0, 0.05) is 11.8 Å². The Morgan fingerprint density at radius 2 is 1.86 bits per heavy atom. The number of ether oxygens (including phenoxy) is 1. The van der Waals surface area contributed by atoms with E-state index in [0.717, 1.165) is 36.8 Å². The summed E-state index contributed by atoms with van der Waals surface area (Å²) in [6.45, 7) is 8.73. The Bertz CT molecular complexity index is 715. The number of carbonyl (C=O) groups is 2. The Hall–Kier alpha value is -2.16. The predicted molar refractivity (Wildman–Crippen MR) is 114 cm³/mol. The monoisotopic (exact) mass is 382 g/mol. The summed E-state index contributed by atoms with van der Waals surface area (Å²) in [5, 5.41) is 0. The van der Waals surface area contributed by atoms with E-state index in [1.807, 2.05) is 49.4 Å². The normalized spacial score (nSPS) is 18.6. The standard InChI is InChI=1S/C25H34O3/c1-5-6-10-15-28-24(26)17-23(21-11-8-7-9-12-21)20(4)25(27)22-14-13-18(2)16-19(22)3/h7-9,11-14,19-20,23H,5-6,10,15-17H2,1-4H3. The zero-order valence-electron chi connectivity index (χ0n) is 17.7. The lowest BCUT2D eigenvalue weighted by molar-refractivity contribution is -0.144. The number of allylic oxidation sites excluding steroid dienone is 4. The lowest BCUT2D eigenvalue weighted by Crippen LogP contribution is -2.27. The van der Waals surface area contributed by atoms with Crippen molar-refractivity contribution in [1.82, 2.24) is 0 Å². The van der Waals surface area contributed by atoms with E-state index >= 15 is 0 Å². The molecule has 0 aliphatic heterocycles. The molecule has 1 aliphatic carbocycles. The van der Waals surface area contributed by atoms with Gasteiger partial charge in [0.05, 0.1) is 13.0 Å². The van der Waals surface area contributed by atoms with E-state index in [2.05, 4.69) is 20.8 Å². The average molecular weight is 383 g/mol. The van der Waals surface area contributed by atoms with Gasteiger partial charge in [0.15, 0.2) is 5.78 Å². The van der Waals surface area contributed by atoms with Gasteiger partial charge in [0.1, 0.15) is 0 Å². The van der Waals surface area contributed by atoms with E-state index in [-0.39, 0.29) is 35.9 Å². The van der Waals surface area contributed by atoms with Gasteiger partial charge in [-0.1, -0.05) is 81.7 Å². The van der Waals surface area contributed by atoms with Crippen LogP contribution < -0.4 is 0 Å². The van der Waals surface area contributed by atoms with Gasteiger partial charge in [-0.15, -0.1) is 0 Å². The number of hydrogen-bond donors (Lipinski definition) is 0. The Morgan fingerprint density at radius 3 is 2.50 bits per heavy atom. The van der Waals surface area contributed by atoms with Crippen molar-refractivity contribution in [2.45, 2.75) is 65.7 Å². The summed E-state index contributed by atoms with van der Waals surface area (Å²) in [4.78, 5) is 25.7. The largest absolute Gasteiger partial charge is 0.466 e. The van der Waals surface area contributed by atoms with E-state index in [1.54, 1.807) is 0 Å². The maximum Gasteiger partial charge on any atom is 0.306 e. The number of unbranched alkanes of at least 4 members (excludes halogenated alkanes) is 2. The van der Waals surface area contributed by atoms with Crippen molar-refractivity contribution in [1.29, 1.82) is 0 Å². The molecule has 1 aromatic carbocycles. The minimum Gasteiger partial charge on any atom is -0.466 e. The summed E-state index contributed by atoms with van der Waals surface area (Å²) in [6.07, 6.45) is 8.20. The Balaban J connectivity index is 2.15. The molecule has 3 atom stereocenters. The van der Waals surface area contributed by atoms with E-state index in [4.69, 9.17) is 4.74 Å². The molecular weight excluding hydrogens is 348 g/mol. The molecule has 0 saturated heterocycles. The minimum absolute atomic E-state index is 0.142. The van der Waals surface area contributed by atoms with Crippen molar-refractivity contribution in [3.8, 4) is 0 Å². The Morgan fingerprint density at radius 1 is 1.14 bits per heavy atom. The van der Waals surface area contributed by atoms with Crippen LogP contribution in [0.1, 0.15) is 71.3 Å². The van der Waals surface area contributed by atoms with E-state index in [1.165, 1.54) is 5.57 Å². The van der Waals surface area contributed by atoms with Gasteiger partial charge >= 0.3 is 5.97 Å². The van der Waals surface area contributed by atoms with Crippen LogP contribution in [0.25, 0.3) is 0 Å². The maximum atomic E-state index is 13.3. The summed E-state index contributed by atoms with van der Waals surface area (Å²) < 4.78 is 5.43. The van der Waals surface area contributed by atoms with Crippen LogP contribution in [-0.2, 0) is 14.3 Å². The fraction of sp³-hybridized carbons (Fsp3) is 0.520. The van der Waals surface area contributed by atoms with Crippen LogP contribution in [0.2, 0.25) is 0 Å². The molecule has 0 radical (unpaired) electrons. The van der Waals surface area contributed by atoms with Gasteiger partial charge < -0.3 is 4.74 Å². The molecule has 0 bridgehead atoms. The van der Waals surface area contributed by atoms with Crippen LogP contribution in [0.15, 0.2) is 53.6 Å². The third-order valence-electron chi connectivity index (χ3n) is 5.63. The fourth-order valence-electron chi connectivity index (χ4n) is 3.89. The molecule has 0 aromatic heterocycles. The number of carbonyl (C=O) groups excluding carboxylic acids is 2. The summed E-state index contributed by atoms with van der Waals surface area (Å²) >= 11 is 0. The highest BCUT2D eigenvalue weighted by molar-refractivity contribution is 5.98. The van der Waals surface area contributed by atoms with Gasteiger partial charge in [-0.2, -0.15) is 0 Å². The first-order chi connectivity index (χ1) is 13.4. The zero-order valence-corrected chi connectivity index (χ0v) is 17.7. The molecule has 0 spiro atoms. The second kappa shape index (κ2) is 11.0. The molecule has 28 heavy (non-hydrogen) atoms. The number of Topliss-reactive ketones (excluding diaryl/α,β-unsaturated/α-hetero) is 1. The number of esters is 1. The van der Waals surface area contributed by atoms with E-state index < -0.39 is 0 Å². The zero-order chi connectivity index (χ0) is 20.5. The third-order valence-corrected chi connectivity index (χ3v) is 5.63. The maximum absolute atomic E-state index is 13.3. The molecule has 3 heteroatoms. The van der Waals surface area contributed by atoms with Gasteiger partial charge in [0.2, 0.25) is 0 Å². The molecular formula is C25H34O3. The molecule has 152 valence electrons. The molecule has 3 nitrogen and oxygen atoms in total. The van der Waals surface area contributed by atoms with Crippen LogP contribution in [-0.4, -0.2) is 18.4 Å². The smallest absolute Gasteiger partial charge is 0.306 e. The van der Waals surface area contributed by atoms with Crippen LogP contribution in [0.4, 0.5) is 0 Å². The number of hydrogen-bond acceptors (Lipinski definition) is 3. The molecule has 2 rings (SSSR count). The SMILES string of the molecule is CCCCCOC(=O)CC(c1ccccc1)C(C)C(=O)C1=CC=C(C)CC1C. The van der Waals surface area contributed by atoms with Crippen LogP contribution in [0.3, 0.4) is 0 Å². The number of ketones is 1. The first-order valence-electron chi connectivity index (χ1n) is 10.6. The third kappa shape index (κ3) is 6.19. The number of benzene rings is 1. The molecule has 0 amide bonds. The molecule has 0 fully saturated rings. The number of rotatable bonds is 10. The molecule has 0 heterocycles. The molecule has 0 saturated carbocycles. The molecule has 1 aromatic rings. The first-order valence-corrected chi connectivity index (χ1v) is 10.6. The molecule has 3 unspecified atom stereocenters. The van der Waals surface area contributed by atoms with Crippen LogP contribution in [0.5, 0.6) is 0 Å². The summed E-state index contributed by atoms with van der Waals surface area (Å²) in [7, 11) is 0. The second-order valence-corrected chi connectivity index (χ2v) is 8.04. The molecule has 0 N–H and O–H groups in total. The second-order valence-electron chi connectivity index (χ2n) is 8.04. The van der Waals surface area contributed by atoms with Crippen molar-refractivity contribution >= 4 is 11.8 Å². The van der Waals surface area contributed by atoms with Crippen molar-refractivity contribution < 1.29 is 14.3 Å². The van der Waals surface area contributed by atoms with E-state index in [9.17, 15) is 9.59 Å². The van der Waals surface area contributed by atoms with Crippen molar-refractivity contribution in [3.05, 3.63) is 59.2 Å². The average Bonchev–Trinajstić information content (AvgIpc) is 2.69. The Labute approximate surface area is 169 Å². The lowest BCUT2D eigenvalue weighted by Gasteiger charge is -2.27. The van der Waals surface area contributed by atoms with Gasteiger partial charge in [0.25, 0.3) is 0 Å². The summed E-state index contributed by atoms with van der Waals surface area (Å²) in [5.74, 6) is -0.300. The van der Waals surface area contributed by atoms with Crippen LogP contribution >= 0.6 is 0 Å². The van der Waals surface area contributed by atoms with Crippen LogP contribution in [0, 0.1) is 11.8 Å². The highest BCUT2D eigenvalue weighted by Crippen LogP contribution is 2.34. The minimum atomic E-state index is -0.272. The predicted octanol–water partition coefficient (Wildman–Crippen LogP) is 6.01. The highest BCUT2D eigenvalue weighted by Gasteiger charge is 2.32. The van der Waals surface area contributed by atoms with Crippen molar-refractivity contribution in [2.75, 3.05) is 6.61 Å². The van der Waals surface area contributed by atoms with Crippen molar-refractivity contribution in [2.24, 2.45) is 11.8 Å². The van der Waals surface area contributed by atoms with Gasteiger partial charge in [-0.05, 0) is 36.8 Å². The van der Waals surface area contributed by atoms with Crippen molar-refractivity contribution in [3.63, 3.8) is 0 Å². The lowest BCUT2D eigenvalue weighted by atomic mass is 9.76. The Kier molecular flexibility index (Phi) is 8.69. The highest BCUT2D eigenvalue weighted by atomic mass is 16.5. The first kappa shape index (κ1) is 22.1. The fourth-order valence-corrected chi connectivity index (χ4v) is 3.89. The summed E-state index contributed by atoms with van der Waals surface area (Å²) in [6, 6.07) is 9.87. The topological polar surface area (TPSA) is 43.4 Å².